The predicted molar refractivity (Wildman–Crippen MR) is 109 cm³/mol. The quantitative estimate of drug-likeness (QED) is 0.840. The van der Waals surface area contributed by atoms with Gasteiger partial charge >= 0.3 is 0 Å². The first-order valence-electron chi connectivity index (χ1n) is 9.42. The van der Waals surface area contributed by atoms with Crippen molar-refractivity contribution < 1.29 is 9.90 Å². The lowest BCUT2D eigenvalue weighted by Gasteiger charge is -2.35. The van der Waals surface area contributed by atoms with Crippen LogP contribution < -0.4 is 0 Å². The molecule has 144 valence electrons. The minimum absolute atomic E-state index is 0.123. The third kappa shape index (κ3) is 5.02. The number of rotatable bonds is 5. The maximum Gasteiger partial charge on any atom is 0.223 e. The number of likely N-dealkylation sites (tertiary alicyclic amines) is 1. The predicted octanol–water partition coefficient (Wildman–Crippen LogP) is 4.12. The van der Waals surface area contributed by atoms with Gasteiger partial charge in [0.2, 0.25) is 5.91 Å². The lowest BCUT2D eigenvalue weighted by atomic mass is 9.87. The largest absolute Gasteiger partial charge is 0.508 e. The number of carbonyl (C=O) groups excluding carboxylic acids is 1. The number of phenols is 1. The number of hydrogen-bond donors (Lipinski definition) is 1. The van der Waals surface area contributed by atoms with Gasteiger partial charge < -0.3 is 14.9 Å². The smallest absolute Gasteiger partial charge is 0.223 e. The molecule has 4 nitrogen and oxygen atoms in total. The van der Waals surface area contributed by atoms with Crippen LogP contribution in [0.2, 0.25) is 5.02 Å². The molecule has 2 aromatic carbocycles. The van der Waals surface area contributed by atoms with Crippen molar-refractivity contribution in [2.24, 2.45) is 0 Å². The van der Waals surface area contributed by atoms with Crippen molar-refractivity contribution in [3.8, 4) is 5.75 Å². The molecular formula is C22H27ClN2O2. The summed E-state index contributed by atoms with van der Waals surface area (Å²) in [7, 11) is 4.03. The third-order valence-electron chi connectivity index (χ3n) is 5.53. The summed E-state index contributed by atoms with van der Waals surface area (Å²) in [5, 5.41) is 10.6. The Balaban J connectivity index is 1.82. The Bertz CT molecular complexity index is 742. The number of nitrogens with zero attached hydrogens (tertiary/aromatic N) is 2. The summed E-state index contributed by atoms with van der Waals surface area (Å²) in [4.78, 5) is 17.3. The Morgan fingerprint density at radius 3 is 2.44 bits per heavy atom. The zero-order valence-electron chi connectivity index (χ0n) is 15.9. The van der Waals surface area contributed by atoms with E-state index in [9.17, 15) is 9.90 Å². The zero-order chi connectivity index (χ0) is 19.4. The number of amides is 1. The van der Waals surface area contributed by atoms with Gasteiger partial charge in [-0.15, -0.1) is 0 Å². The molecule has 0 bridgehead atoms. The minimum atomic E-state index is -0.142. The molecule has 1 aliphatic rings. The molecule has 0 saturated carbocycles. The highest BCUT2D eigenvalue weighted by atomic mass is 35.5. The summed E-state index contributed by atoms with van der Waals surface area (Å²) < 4.78 is 0. The van der Waals surface area contributed by atoms with Crippen LogP contribution in [0.1, 0.15) is 36.3 Å². The molecule has 1 unspecified atom stereocenters. The number of piperidine rings is 1. The van der Waals surface area contributed by atoms with Crippen molar-refractivity contribution in [3.05, 3.63) is 64.7 Å². The van der Waals surface area contributed by atoms with Gasteiger partial charge in [0.05, 0.1) is 0 Å². The molecule has 0 aliphatic carbocycles. The maximum absolute atomic E-state index is 13.1. The fraction of sp³-hybridized carbons (Fsp3) is 0.409. The van der Waals surface area contributed by atoms with Gasteiger partial charge in [-0.05, 0) is 68.4 Å². The topological polar surface area (TPSA) is 43.8 Å². The van der Waals surface area contributed by atoms with E-state index in [1.165, 1.54) is 0 Å². The van der Waals surface area contributed by atoms with Crippen molar-refractivity contribution >= 4 is 17.5 Å². The van der Waals surface area contributed by atoms with E-state index in [0.717, 1.165) is 37.1 Å². The second kappa shape index (κ2) is 8.77. The Labute approximate surface area is 166 Å². The number of phenolic OH excluding ortho intramolecular Hbond substituents is 1. The van der Waals surface area contributed by atoms with E-state index in [-0.39, 0.29) is 23.6 Å². The van der Waals surface area contributed by atoms with E-state index in [2.05, 4.69) is 11.9 Å². The van der Waals surface area contributed by atoms with Gasteiger partial charge in [0.15, 0.2) is 0 Å². The van der Waals surface area contributed by atoms with Crippen molar-refractivity contribution in [2.45, 2.75) is 31.2 Å². The highest BCUT2D eigenvalue weighted by Crippen LogP contribution is 2.32. The molecule has 1 amide bonds. The van der Waals surface area contributed by atoms with Crippen LogP contribution in [-0.2, 0) is 4.79 Å². The second-order valence-electron chi connectivity index (χ2n) is 7.45. The van der Waals surface area contributed by atoms with Gasteiger partial charge in [-0.1, -0.05) is 35.9 Å². The van der Waals surface area contributed by atoms with Gasteiger partial charge in [-0.2, -0.15) is 0 Å². The fourth-order valence-electron chi connectivity index (χ4n) is 3.80. The number of halogens is 1. The first-order valence-corrected chi connectivity index (χ1v) is 9.80. The van der Waals surface area contributed by atoms with E-state index in [0.29, 0.717) is 11.4 Å². The Kier molecular flexibility index (Phi) is 6.40. The van der Waals surface area contributed by atoms with Crippen LogP contribution in [0.25, 0.3) is 0 Å². The molecule has 1 heterocycles. The average molecular weight is 387 g/mol. The molecule has 2 aromatic rings. The number of hydrogen-bond acceptors (Lipinski definition) is 3. The number of carbonyl (C=O) groups is 1. The summed E-state index contributed by atoms with van der Waals surface area (Å²) in [5.41, 5.74) is 1.90. The van der Waals surface area contributed by atoms with Crippen LogP contribution in [0.5, 0.6) is 5.75 Å². The summed E-state index contributed by atoms with van der Waals surface area (Å²) in [6.07, 6.45) is 2.37. The Morgan fingerprint density at radius 2 is 1.81 bits per heavy atom. The van der Waals surface area contributed by atoms with Crippen molar-refractivity contribution in [1.82, 2.24) is 9.80 Å². The van der Waals surface area contributed by atoms with Gasteiger partial charge in [0.25, 0.3) is 0 Å². The van der Waals surface area contributed by atoms with E-state index >= 15 is 0 Å². The molecular weight excluding hydrogens is 360 g/mol. The third-order valence-corrected chi connectivity index (χ3v) is 5.77. The molecule has 1 fully saturated rings. The summed E-state index contributed by atoms with van der Waals surface area (Å²) in [5.74, 6) is 0.186. The first-order chi connectivity index (χ1) is 12.9. The molecule has 1 atom stereocenters. The molecule has 1 aliphatic heterocycles. The number of benzene rings is 2. The van der Waals surface area contributed by atoms with Crippen LogP contribution >= 0.6 is 11.6 Å². The molecule has 0 spiro atoms. The summed E-state index contributed by atoms with van der Waals surface area (Å²) in [6, 6.07) is 15.1. The normalized spacial score (nSPS) is 16.9. The minimum Gasteiger partial charge on any atom is -0.508 e. The zero-order valence-corrected chi connectivity index (χ0v) is 16.7. The van der Waals surface area contributed by atoms with E-state index in [1.54, 1.807) is 12.1 Å². The van der Waals surface area contributed by atoms with Crippen molar-refractivity contribution in [3.63, 3.8) is 0 Å². The SMILES string of the molecule is CN1CCC(N(C)C(=O)CC(c2cccc(O)c2)c2cccc(Cl)c2)CC1. The fourth-order valence-corrected chi connectivity index (χ4v) is 4.00. The van der Waals surface area contributed by atoms with E-state index in [1.807, 2.05) is 48.3 Å². The highest BCUT2D eigenvalue weighted by molar-refractivity contribution is 6.30. The van der Waals surface area contributed by atoms with Gasteiger partial charge in [0.1, 0.15) is 5.75 Å². The molecule has 3 rings (SSSR count). The van der Waals surface area contributed by atoms with Crippen LogP contribution in [-0.4, -0.2) is 54.0 Å². The Hall–Kier alpha value is -2.04. The second-order valence-corrected chi connectivity index (χ2v) is 7.88. The van der Waals surface area contributed by atoms with Crippen molar-refractivity contribution in [2.75, 3.05) is 27.2 Å². The van der Waals surface area contributed by atoms with Crippen LogP contribution in [0.4, 0.5) is 0 Å². The monoisotopic (exact) mass is 386 g/mol. The standard InChI is InChI=1S/C22H27ClN2O2/c1-24-11-9-19(10-12-24)25(2)22(27)15-21(16-5-3-7-18(23)13-16)17-6-4-8-20(26)14-17/h3-8,13-14,19,21,26H,9-12,15H2,1-2H3. The number of aromatic hydroxyl groups is 1. The molecule has 1 saturated heterocycles. The van der Waals surface area contributed by atoms with E-state index in [4.69, 9.17) is 11.6 Å². The summed E-state index contributed by atoms with van der Waals surface area (Å²) >= 11 is 6.19. The lowest BCUT2D eigenvalue weighted by molar-refractivity contribution is -0.133. The van der Waals surface area contributed by atoms with Crippen molar-refractivity contribution in [1.29, 1.82) is 0 Å². The molecule has 0 radical (unpaired) electrons. The molecule has 5 heteroatoms. The van der Waals surface area contributed by atoms with Crippen LogP contribution in [0.3, 0.4) is 0 Å². The van der Waals surface area contributed by atoms with E-state index < -0.39 is 0 Å². The Morgan fingerprint density at radius 1 is 1.19 bits per heavy atom. The first kappa shape index (κ1) is 19.7. The molecule has 0 aromatic heterocycles. The molecule has 27 heavy (non-hydrogen) atoms. The van der Waals surface area contributed by atoms with Crippen LogP contribution in [0, 0.1) is 0 Å². The lowest BCUT2D eigenvalue weighted by Crippen LogP contribution is -2.44. The summed E-state index contributed by atoms with van der Waals surface area (Å²) in [6.45, 7) is 2.04. The molecule has 1 N–H and O–H groups in total. The van der Waals surface area contributed by atoms with Gasteiger partial charge in [-0.3, -0.25) is 4.79 Å². The average Bonchev–Trinajstić information content (AvgIpc) is 2.66. The van der Waals surface area contributed by atoms with Gasteiger partial charge in [0, 0.05) is 30.5 Å². The highest BCUT2D eigenvalue weighted by Gasteiger charge is 2.27. The van der Waals surface area contributed by atoms with Crippen LogP contribution in [0.15, 0.2) is 48.5 Å². The maximum atomic E-state index is 13.1. The van der Waals surface area contributed by atoms with Gasteiger partial charge in [-0.25, -0.2) is 0 Å².